The Labute approximate surface area is 148 Å². The van der Waals surface area contributed by atoms with Crippen LogP contribution < -0.4 is 5.32 Å². The average molecular weight is 336 g/mol. The standard InChI is InChI=1S/C20H35N2S/c1-2-3-4-5-6-7-8-9-10-11-12-13-14-15-18-23-19-20-21-16-17-22-20/h9-10,16-17H,2-8,11-15,18-19H2,1H3/b10-9-. The van der Waals surface area contributed by atoms with Gasteiger partial charge >= 0.3 is 0 Å². The molecule has 0 aromatic carbocycles. The van der Waals surface area contributed by atoms with E-state index in [1.165, 1.54) is 82.8 Å². The highest BCUT2D eigenvalue weighted by molar-refractivity contribution is 7.99. The van der Waals surface area contributed by atoms with E-state index in [0.717, 1.165) is 11.6 Å². The summed E-state index contributed by atoms with van der Waals surface area (Å²) >= 11 is 1.96. The Kier molecular flexibility index (Phi) is 14.3. The lowest BCUT2D eigenvalue weighted by Crippen LogP contribution is -2.09. The van der Waals surface area contributed by atoms with E-state index in [4.69, 9.17) is 0 Å². The van der Waals surface area contributed by atoms with Crippen molar-refractivity contribution in [2.75, 3.05) is 11.5 Å². The molecule has 2 nitrogen and oxygen atoms in total. The van der Waals surface area contributed by atoms with Gasteiger partial charge < -0.3 is 0 Å². The van der Waals surface area contributed by atoms with E-state index in [-0.39, 0.29) is 0 Å². The third kappa shape index (κ3) is 13.4. The molecule has 0 spiro atoms. The number of hydrogen-bond donors (Lipinski definition) is 0. The van der Waals surface area contributed by atoms with Crippen LogP contribution in [0.25, 0.3) is 0 Å². The topological polar surface area (TPSA) is 26.5 Å². The maximum atomic E-state index is 4.18. The van der Waals surface area contributed by atoms with Crippen LogP contribution in [0, 0.1) is 0 Å². The highest BCUT2D eigenvalue weighted by atomic mass is 32.2. The predicted molar refractivity (Wildman–Crippen MR) is 106 cm³/mol. The quantitative estimate of drug-likeness (QED) is 0.235. The SMILES string of the molecule is CCCCCCCC/C=C\CCCCCCSCC1=NC=C[N]1. The number of rotatable bonds is 16. The molecule has 0 fully saturated rings. The minimum Gasteiger partial charge on any atom is -0.239 e. The summed E-state index contributed by atoms with van der Waals surface area (Å²) in [6.07, 6.45) is 24.7. The molecule has 0 saturated carbocycles. The lowest BCUT2D eigenvalue weighted by atomic mass is 10.1. The summed E-state index contributed by atoms with van der Waals surface area (Å²) < 4.78 is 0. The molecule has 1 rings (SSSR count). The summed E-state index contributed by atoms with van der Waals surface area (Å²) in [5.74, 6) is 3.18. The Morgan fingerprint density at radius 1 is 0.826 bits per heavy atom. The molecule has 23 heavy (non-hydrogen) atoms. The van der Waals surface area contributed by atoms with Crippen LogP contribution in [0.1, 0.15) is 84.0 Å². The smallest absolute Gasteiger partial charge is 0.138 e. The summed E-state index contributed by atoms with van der Waals surface area (Å²) in [7, 11) is 0. The van der Waals surface area contributed by atoms with Crippen molar-refractivity contribution in [2.45, 2.75) is 84.0 Å². The highest BCUT2D eigenvalue weighted by Crippen LogP contribution is 2.11. The second kappa shape index (κ2) is 16.2. The van der Waals surface area contributed by atoms with Crippen molar-refractivity contribution in [1.82, 2.24) is 5.32 Å². The van der Waals surface area contributed by atoms with Gasteiger partial charge in [-0.15, -0.1) is 0 Å². The number of aliphatic imine (C=N–C) groups is 1. The van der Waals surface area contributed by atoms with Gasteiger partial charge in [-0.1, -0.05) is 64.0 Å². The van der Waals surface area contributed by atoms with E-state index >= 15 is 0 Å². The lowest BCUT2D eigenvalue weighted by molar-refractivity contribution is 0.610. The van der Waals surface area contributed by atoms with Crippen LogP contribution in [0.5, 0.6) is 0 Å². The Bertz CT molecular complexity index is 348. The summed E-state index contributed by atoms with van der Waals surface area (Å²) in [5, 5.41) is 4.18. The summed E-state index contributed by atoms with van der Waals surface area (Å²) in [5.41, 5.74) is 0. The van der Waals surface area contributed by atoms with Crippen molar-refractivity contribution < 1.29 is 0 Å². The Hall–Kier alpha value is -0.700. The number of allylic oxidation sites excluding steroid dienone is 2. The lowest BCUT2D eigenvalue weighted by Gasteiger charge is -2.01. The molecule has 1 aliphatic heterocycles. The first-order chi connectivity index (χ1) is 11.4. The Morgan fingerprint density at radius 2 is 1.48 bits per heavy atom. The van der Waals surface area contributed by atoms with E-state index < -0.39 is 0 Å². The van der Waals surface area contributed by atoms with Gasteiger partial charge in [0.05, 0.1) is 5.75 Å². The van der Waals surface area contributed by atoms with E-state index in [0.29, 0.717) is 0 Å². The van der Waals surface area contributed by atoms with Gasteiger partial charge in [0.25, 0.3) is 0 Å². The van der Waals surface area contributed by atoms with Crippen LogP contribution in [0.2, 0.25) is 0 Å². The molecule has 0 aromatic heterocycles. The van der Waals surface area contributed by atoms with Gasteiger partial charge in [-0.2, -0.15) is 11.8 Å². The highest BCUT2D eigenvalue weighted by Gasteiger charge is 2.01. The molecule has 0 aromatic rings. The summed E-state index contributed by atoms with van der Waals surface area (Å²) in [4.78, 5) is 4.18. The molecule has 3 heteroatoms. The number of hydrogen-bond acceptors (Lipinski definition) is 2. The van der Waals surface area contributed by atoms with Gasteiger partial charge in [0.15, 0.2) is 0 Å². The van der Waals surface area contributed by atoms with Gasteiger partial charge in [0.2, 0.25) is 0 Å². The number of unbranched alkanes of at least 4 members (excludes halogenated alkanes) is 10. The fraction of sp³-hybridized carbons (Fsp3) is 0.750. The minimum atomic E-state index is 0.966. The first-order valence-electron chi connectivity index (χ1n) is 9.58. The molecule has 0 aliphatic carbocycles. The van der Waals surface area contributed by atoms with Crippen molar-refractivity contribution in [2.24, 2.45) is 4.99 Å². The zero-order valence-electron chi connectivity index (χ0n) is 15.0. The summed E-state index contributed by atoms with van der Waals surface area (Å²) in [6.45, 7) is 2.28. The van der Waals surface area contributed by atoms with E-state index in [1.807, 2.05) is 11.8 Å². The van der Waals surface area contributed by atoms with Crippen LogP contribution in [-0.2, 0) is 0 Å². The zero-order chi connectivity index (χ0) is 16.4. The van der Waals surface area contributed by atoms with Crippen molar-refractivity contribution in [3.63, 3.8) is 0 Å². The molecule has 1 aliphatic rings. The van der Waals surface area contributed by atoms with Crippen molar-refractivity contribution in [3.8, 4) is 0 Å². The van der Waals surface area contributed by atoms with Crippen molar-refractivity contribution >= 4 is 17.6 Å². The second-order valence-electron chi connectivity index (χ2n) is 6.26. The van der Waals surface area contributed by atoms with Crippen LogP contribution >= 0.6 is 11.8 Å². The van der Waals surface area contributed by atoms with Crippen molar-refractivity contribution in [1.29, 1.82) is 0 Å². The average Bonchev–Trinajstić information content (AvgIpc) is 3.08. The molecule has 0 atom stereocenters. The normalized spacial score (nSPS) is 13.7. The molecule has 0 N–H and O–H groups in total. The third-order valence-corrected chi connectivity index (χ3v) is 5.09. The van der Waals surface area contributed by atoms with Gasteiger partial charge in [-0.25, -0.2) is 10.3 Å². The first kappa shape index (κ1) is 20.3. The fourth-order valence-electron chi connectivity index (χ4n) is 2.61. The van der Waals surface area contributed by atoms with Gasteiger partial charge in [0.1, 0.15) is 5.84 Å². The monoisotopic (exact) mass is 335 g/mol. The van der Waals surface area contributed by atoms with E-state index in [9.17, 15) is 0 Å². The largest absolute Gasteiger partial charge is 0.239 e. The maximum absolute atomic E-state index is 4.18. The van der Waals surface area contributed by atoms with Gasteiger partial charge in [-0.3, -0.25) is 0 Å². The Morgan fingerprint density at radius 3 is 2.13 bits per heavy atom. The van der Waals surface area contributed by atoms with Crippen molar-refractivity contribution in [3.05, 3.63) is 24.6 Å². The first-order valence-corrected chi connectivity index (χ1v) is 10.7. The third-order valence-electron chi connectivity index (χ3n) is 4.05. The second-order valence-corrected chi connectivity index (χ2v) is 7.36. The molecule has 0 amide bonds. The van der Waals surface area contributed by atoms with Gasteiger partial charge in [0, 0.05) is 12.4 Å². The fourth-order valence-corrected chi connectivity index (χ4v) is 3.49. The molecule has 1 radical (unpaired) electrons. The minimum absolute atomic E-state index is 0.966. The van der Waals surface area contributed by atoms with Crippen LogP contribution in [0.4, 0.5) is 0 Å². The van der Waals surface area contributed by atoms with Crippen LogP contribution in [0.3, 0.4) is 0 Å². The number of thioether (sulfide) groups is 1. The molecular weight excluding hydrogens is 300 g/mol. The van der Waals surface area contributed by atoms with E-state index in [1.54, 1.807) is 12.4 Å². The predicted octanol–water partition coefficient (Wildman–Crippen LogP) is 6.46. The van der Waals surface area contributed by atoms with E-state index in [2.05, 4.69) is 29.4 Å². The maximum Gasteiger partial charge on any atom is 0.138 e. The number of amidine groups is 1. The molecule has 0 saturated heterocycles. The molecule has 0 bridgehead atoms. The molecule has 131 valence electrons. The molecular formula is C20H35N2S. The molecule has 0 unspecified atom stereocenters. The number of nitrogens with zero attached hydrogens (tertiary/aromatic N) is 2. The summed E-state index contributed by atoms with van der Waals surface area (Å²) in [6, 6.07) is 0. The molecule has 1 heterocycles. The zero-order valence-corrected chi connectivity index (χ0v) is 15.8. The van der Waals surface area contributed by atoms with Crippen LogP contribution in [-0.4, -0.2) is 17.3 Å². The van der Waals surface area contributed by atoms with Gasteiger partial charge in [-0.05, 0) is 37.9 Å². The Balaban J connectivity index is 1.71. The van der Waals surface area contributed by atoms with Crippen LogP contribution in [0.15, 0.2) is 29.5 Å².